The smallest absolute Gasteiger partial charge is 0.251 e. The maximum absolute atomic E-state index is 12.3. The average Bonchev–Trinajstić information content (AvgIpc) is 3.25. The van der Waals surface area contributed by atoms with Gasteiger partial charge in [0.1, 0.15) is 0 Å². The van der Waals surface area contributed by atoms with Gasteiger partial charge in [0.25, 0.3) is 5.91 Å². The van der Waals surface area contributed by atoms with Crippen LogP contribution in [0, 0.1) is 12.8 Å². The number of imidazole rings is 1. The van der Waals surface area contributed by atoms with E-state index in [0.29, 0.717) is 30.6 Å². The molecule has 1 aliphatic heterocycles. The fraction of sp³-hybridized carbons (Fsp3) is 0.500. The number of guanidine groups is 1. The molecule has 156 valence electrons. The number of benzene rings is 1. The van der Waals surface area contributed by atoms with Crippen LogP contribution in [0.25, 0.3) is 0 Å². The normalized spacial score (nSPS) is 19.8. The molecule has 7 nitrogen and oxygen atoms in total. The number of nitrogens with zero attached hydrogens (tertiary/aromatic N) is 4. The Bertz CT molecular complexity index is 816. The topological polar surface area (TPSA) is 74.6 Å². The predicted molar refractivity (Wildman–Crippen MR) is 116 cm³/mol. The van der Waals surface area contributed by atoms with Crippen LogP contribution < -0.4 is 10.6 Å². The fourth-order valence-electron chi connectivity index (χ4n) is 3.74. The van der Waals surface area contributed by atoms with Crippen LogP contribution in [0.4, 0.5) is 0 Å². The van der Waals surface area contributed by atoms with Crippen LogP contribution in [0.15, 0.2) is 48.0 Å². The number of rotatable bonds is 6. The molecule has 0 aliphatic carbocycles. The SMILES string of the molecule is CCNC(=NCCNC(=O)c1cccc(C)c1)N1CCC(C)C(n2ccnc2)C1. The average molecular weight is 397 g/mol. The number of aryl methyl sites for hydroxylation is 1. The summed E-state index contributed by atoms with van der Waals surface area (Å²) in [6.45, 7) is 10.1. The molecule has 2 heterocycles. The van der Waals surface area contributed by atoms with Crippen molar-refractivity contribution in [1.29, 1.82) is 0 Å². The maximum Gasteiger partial charge on any atom is 0.251 e. The summed E-state index contributed by atoms with van der Waals surface area (Å²) in [7, 11) is 0. The van der Waals surface area contributed by atoms with Crippen LogP contribution >= 0.6 is 0 Å². The van der Waals surface area contributed by atoms with Crippen LogP contribution in [0.5, 0.6) is 0 Å². The molecule has 2 aromatic rings. The monoisotopic (exact) mass is 396 g/mol. The molecule has 29 heavy (non-hydrogen) atoms. The first-order valence-corrected chi connectivity index (χ1v) is 10.4. The third-order valence-electron chi connectivity index (χ3n) is 5.40. The summed E-state index contributed by atoms with van der Waals surface area (Å²) in [6, 6.07) is 8.00. The summed E-state index contributed by atoms with van der Waals surface area (Å²) in [5, 5.41) is 6.36. The molecule has 0 radical (unpaired) electrons. The first-order valence-electron chi connectivity index (χ1n) is 10.4. The zero-order chi connectivity index (χ0) is 20.6. The van der Waals surface area contributed by atoms with E-state index in [1.807, 2.05) is 49.9 Å². The van der Waals surface area contributed by atoms with Gasteiger partial charge in [0, 0.05) is 44.1 Å². The highest BCUT2D eigenvalue weighted by molar-refractivity contribution is 5.94. The zero-order valence-electron chi connectivity index (χ0n) is 17.6. The van der Waals surface area contributed by atoms with Gasteiger partial charge < -0.3 is 20.1 Å². The van der Waals surface area contributed by atoms with Crippen molar-refractivity contribution in [2.75, 3.05) is 32.7 Å². The first-order chi connectivity index (χ1) is 14.1. The van der Waals surface area contributed by atoms with E-state index in [2.05, 4.69) is 38.9 Å². The predicted octanol–water partition coefficient (Wildman–Crippen LogP) is 2.47. The number of hydrogen-bond acceptors (Lipinski definition) is 3. The Kier molecular flexibility index (Phi) is 7.27. The summed E-state index contributed by atoms with van der Waals surface area (Å²) in [6.07, 6.45) is 6.88. The number of likely N-dealkylation sites (tertiary alicyclic amines) is 1. The van der Waals surface area contributed by atoms with Crippen molar-refractivity contribution in [3.63, 3.8) is 0 Å². The quantitative estimate of drug-likeness (QED) is 0.447. The standard InChI is InChI=1S/C22H32N6O/c1-4-24-22(26-10-9-25-21(29)19-7-5-6-17(2)14-19)27-12-8-18(3)20(15-27)28-13-11-23-16-28/h5-7,11,13-14,16,18,20H,4,8-10,12,15H2,1-3H3,(H,24,26)(H,25,29). The lowest BCUT2D eigenvalue weighted by Crippen LogP contribution is -2.49. The molecule has 2 atom stereocenters. The van der Waals surface area contributed by atoms with E-state index < -0.39 is 0 Å². The lowest BCUT2D eigenvalue weighted by atomic mass is 9.93. The van der Waals surface area contributed by atoms with Crippen LogP contribution in [0.1, 0.15) is 42.2 Å². The van der Waals surface area contributed by atoms with Crippen molar-refractivity contribution in [3.05, 3.63) is 54.1 Å². The van der Waals surface area contributed by atoms with Crippen LogP contribution in [0.2, 0.25) is 0 Å². The van der Waals surface area contributed by atoms with Gasteiger partial charge in [-0.15, -0.1) is 0 Å². The molecular weight excluding hydrogens is 364 g/mol. The molecule has 1 amide bonds. The largest absolute Gasteiger partial charge is 0.357 e. The number of carbonyl (C=O) groups is 1. The molecule has 0 spiro atoms. The van der Waals surface area contributed by atoms with E-state index >= 15 is 0 Å². The number of piperidine rings is 1. The third-order valence-corrected chi connectivity index (χ3v) is 5.40. The molecule has 1 saturated heterocycles. The highest BCUT2D eigenvalue weighted by Crippen LogP contribution is 2.27. The van der Waals surface area contributed by atoms with E-state index in [0.717, 1.165) is 37.6 Å². The molecule has 1 fully saturated rings. The number of carbonyl (C=O) groups excluding carboxylic acids is 1. The van der Waals surface area contributed by atoms with Crippen LogP contribution in [0.3, 0.4) is 0 Å². The second-order valence-electron chi connectivity index (χ2n) is 7.65. The Hall–Kier alpha value is -2.83. The molecule has 7 heteroatoms. The van der Waals surface area contributed by atoms with Gasteiger partial charge >= 0.3 is 0 Å². The Morgan fingerprint density at radius 2 is 2.21 bits per heavy atom. The number of aromatic nitrogens is 2. The van der Waals surface area contributed by atoms with E-state index in [1.165, 1.54) is 0 Å². The van der Waals surface area contributed by atoms with Gasteiger partial charge in [0.15, 0.2) is 5.96 Å². The highest BCUT2D eigenvalue weighted by atomic mass is 16.1. The summed E-state index contributed by atoms with van der Waals surface area (Å²) in [5.74, 6) is 1.45. The number of amides is 1. The van der Waals surface area contributed by atoms with Crippen molar-refractivity contribution < 1.29 is 4.79 Å². The van der Waals surface area contributed by atoms with Gasteiger partial charge in [-0.3, -0.25) is 9.79 Å². The molecule has 2 N–H and O–H groups in total. The molecule has 0 bridgehead atoms. The van der Waals surface area contributed by atoms with Gasteiger partial charge in [0.05, 0.1) is 18.9 Å². The van der Waals surface area contributed by atoms with E-state index in [1.54, 1.807) is 0 Å². The number of hydrogen-bond donors (Lipinski definition) is 2. The van der Waals surface area contributed by atoms with Gasteiger partial charge in [-0.1, -0.05) is 24.6 Å². The van der Waals surface area contributed by atoms with Crippen molar-refractivity contribution in [2.24, 2.45) is 10.9 Å². The zero-order valence-corrected chi connectivity index (χ0v) is 17.6. The van der Waals surface area contributed by atoms with Crippen LogP contribution in [-0.2, 0) is 0 Å². The van der Waals surface area contributed by atoms with E-state index in [9.17, 15) is 4.79 Å². The van der Waals surface area contributed by atoms with E-state index in [-0.39, 0.29) is 5.91 Å². The molecule has 1 aromatic carbocycles. The van der Waals surface area contributed by atoms with Gasteiger partial charge in [0.2, 0.25) is 0 Å². The first kappa shape index (κ1) is 20.9. The third kappa shape index (κ3) is 5.59. The summed E-state index contributed by atoms with van der Waals surface area (Å²) in [4.78, 5) is 23.6. The number of aliphatic imine (C=N–C) groups is 1. The summed E-state index contributed by atoms with van der Waals surface area (Å²) < 4.78 is 2.20. The van der Waals surface area contributed by atoms with Gasteiger partial charge in [-0.2, -0.15) is 0 Å². The van der Waals surface area contributed by atoms with E-state index in [4.69, 9.17) is 4.99 Å². The molecular formula is C22H32N6O. The second-order valence-corrected chi connectivity index (χ2v) is 7.65. The van der Waals surface area contributed by atoms with Crippen LogP contribution in [-0.4, -0.2) is 59.0 Å². The van der Waals surface area contributed by atoms with Gasteiger partial charge in [-0.25, -0.2) is 4.98 Å². The molecule has 2 unspecified atom stereocenters. The second kappa shape index (κ2) is 10.1. The molecule has 1 aliphatic rings. The lowest BCUT2D eigenvalue weighted by Gasteiger charge is -2.39. The summed E-state index contributed by atoms with van der Waals surface area (Å²) in [5.41, 5.74) is 1.77. The maximum atomic E-state index is 12.3. The Balaban J connectivity index is 1.57. The Morgan fingerprint density at radius 3 is 2.93 bits per heavy atom. The van der Waals surface area contributed by atoms with Gasteiger partial charge in [-0.05, 0) is 38.3 Å². The molecule has 1 aromatic heterocycles. The Morgan fingerprint density at radius 1 is 1.34 bits per heavy atom. The minimum atomic E-state index is -0.0548. The van der Waals surface area contributed by atoms with Crippen molar-refractivity contribution in [1.82, 2.24) is 25.1 Å². The van der Waals surface area contributed by atoms with Crippen molar-refractivity contribution in [2.45, 2.75) is 33.2 Å². The highest BCUT2D eigenvalue weighted by Gasteiger charge is 2.28. The van der Waals surface area contributed by atoms with Crippen molar-refractivity contribution in [3.8, 4) is 0 Å². The molecule has 3 rings (SSSR count). The fourth-order valence-corrected chi connectivity index (χ4v) is 3.74. The minimum absolute atomic E-state index is 0.0548. The van der Waals surface area contributed by atoms with Crippen molar-refractivity contribution >= 4 is 11.9 Å². The lowest BCUT2D eigenvalue weighted by molar-refractivity contribution is 0.0954. The Labute approximate surface area is 173 Å². The minimum Gasteiger partial charge on any atom is -0.357 e. The molecule has 0 saturated carbocycles. The number of nitrogens with one attached hydrogen (secondary N) is 2. The summed E-state index contributed by atoms with van der Waals surface area (Å²) >= 11 is 0.